The lowest BCUT2D eigenvalue weighted by Gasteiger charge is -2.24. The Bertz CT molecular complexity index is 3890. The van der Waals surface area contributed by atoms with Gasteiger partial charge in [0.25, 0.3) is 0 Å². The van der Waals surface area contributed by atoms with E-state index in [2.05, 4.69) is 232 Å². The van der Waals surface area contributed by atoms with E-state index >= 15 is 0 Å². The largest absolute Gasteiger partial charge is 0.0622 e. The van der Waals surface area contributed by atoms with E-state index in [1.807, 2.05) is 0 Å². The summed E-state index contributed by atoms with van der Waals surface area (Å²) in [6, 6.07) is 81.8. The third-order valence-corrected chi connectivity index (χ3v) is 15.0. The van der Waals surface area contributed by atoms with Crippen LogP contribution < -0.4 is 0 Å². The van der Waals surface area contributed by atoms with Crippen LogP contribution in [0.4, 0.5) is 0 Å². The van der Waals surface area contributed by atoms with Gasteiger partial charge >= 0.3 is 0 Å². The molecule has 0 fully saturated rings. The zero-order chi connectivity index (χ0) is 43.0. The smallest absolute Gasteiger partial charge is 0.0165 e. The van der Waals surface area contributed by atoms with Gasteiger partial charge in [-0.25, -0.2) is 0 Å². The summed E-state index contributed by atoms with van der Waals surface area (Å²) in [5, 5.41) is 13.1. The van der Waals surface area contributed by atoms with Crippen LogP contribution in [0.3, 0.4) is 0 Å². The molecular weight excluding hydrogens is 781 g/mol. The molecule has 12 aromatic rings. The maximum Gasteiger partial charge on any atom is 0.0165 e. The first-order valence-corrected chi connectivity index (χ1v) is 22.9. The van der Waals surface area contributed by atoms with E-state index in [1.165, 1.54) is 143 Å². The minimum atomic E-state index is -0.138. The zero-order valence-corrected chi connectivity index (χ0v) is 36.3. The molecule has 0 amide bonds. The van der Waals surface area contributed by atoms with Crippen LogP contribution in [0.25, 0.3) is 132 Å². The molecule has 12 aromatic carbocycles. The van der Waals surface area contributed by atoms with Crippen LogP contribution in [0.2, 0.25) is 0 Å². The van der Waals surface area contributed by atoms with E-state index < -0.39 is 0 Å². The van der Waals surface area contributed by atoms with Gasteiger partial charge in [-0.3, -0.25) is 0 Å². The lowest BCUT2D eigenvalue weighted by Crippen LogP contribution is -2.15. The van der Waals surface area contributed by atoms with Gasteiger partial charge in [0.15, 0.2) is 0 Å². The Morgan fingerprint density at radius 2 is 0.785 bits per heavy atom. The molecule has 0 saturated carbocycles. The van der Waals surface area contributed by atoms with Crippen molar-refractivity contribution >= 4 is 53.9 Å². The maximum atomic E-state index is 2.44. The van der Waals surface area contributed by atoms with Crippen molar-refractivity contribution in [3.8, 4) is 77.9 Å². The molecule has 0 N–H and O–H groups in total. The number of hydrogen-bond acceptors (Lipinski definition) is 0. The standard InChI is InChI=1S/C65H42/c1-65(2)56-37-33-40-16-9-10-21-46(40)60(56)63-49-23-12-11-22-47(49)55-38-44(32-34-52(55)64(63)65)39-28-30-41(31-29-39)45-35-36-54-59-48(45)26-15-27-53(59)61-57(42-17-5-3-6-18-42)50-24-13-14-25-51(50)58(62(54)61)43-19-7-4-8-20-43/h3-38H,1-2H3. The molecule has 0 aliphatic heterocycles. The first-order valence-electron chi connectivity index (χ1n) is 22.9. The number of benzene rings is 12. The van der Waals surface area contributed by atoms with Crippen LogP contribution in [-0.4, -0.2) is 0 Å². The summed E-state index contributed by atoms with van der Waals surface area (Å²) >= 11 is 0. The van der Waals surface area contributed by atoms with Crippen molar-refractivity contribution in [2.75, 3.05) is 0 Å². The molecule has 0 heterocycles. The van der Waals surface area contributed by atoms with Crippen LogP contribution in [0.5, 0.6) is 0 Å². The Labute approximate surface area is 378 Å². The molecule has 0 radical (unpaired) electrons. The molecule has 0 nitrogen and oxygen atoms in total. The fourth-order valence-corrected chi connectivity index (χ4v) is 12.2. The number of fused-ring (bicyclic) bond motifs is 14. The maximum absolute atomic E-state index is 2.44. The predicted octanol–water partition coefficient (Wildman–Crippen LogP) is 18.1. The first kappa shape index (κ1) is 36.4. The second-order valence-corrected chi connectivity index (χ2v) is 18.6. The molecule has 302 valence electrons. The van der Waals surface area contributed by atoms with Crippen molar-refractivity contribution in [1.82, 2.24) is 0 Å². The van der Waals surface area contributed by atoms with E-state index in [0.29, 0.717) is 0 Å². The lowest BCUT2D eigenvalue weighted by atomic mass is 9.79. The van der Waals surface area contributed by atoms with E-state index in [0.717, 1.165) is 0 Å². The van der Waals surface area contributed by atoms with Crippen LogP contribution in [0, 0.1) is 0 Å². The van der Waals surface area contributed by atoms with Crippen molar-refractivity contribution in [2.45, 2.75) is 19.3 Å². The Morgan fingerprint density at radius 1 is 0.262 bits per heavy atom. The van der Waals surface area contributed by atoms with Gasteiger partial charge in [-0.05, 0) is 149 Å². The van der Waals surface area contributed by atoms with Gasteiger partial charge in [-0.2, -0.15) is 0 Å². The minimum absolute atomic E-state index is 0.138. The number of rotatable bonds is 4. The zero-order valence-electron chi connectivity index (χ0n) is 36.3. The average molecular weight is 823 g/mol. The summed E-state index contributed by atoms with van der Waals surface area (Å²) in [7, 11) is 0. The first-order chi connectivity index (χ1) is 32.0. The normalized spacial score (nSPS) is 13.2. The quantitative estimate of drug-likeness (QED) is 0.155. The molecule has 0 unspecified atom stereocenters. The van der Waals surface area contributed by atoms with Crippen LogP contribution in [-0.2, 0) is 5.41 Å². The van der Waals surface area contributed by atoms with Crippen LogP contribution in [0.15, 0.2) is 218 Å². The Morgan fingerprint density at radius 3 is 1.46 bits per heavy atom. The second kappa shape index (κ2) is 13.5. The van der Waals surface area contributed by atoms with Gasteiger partial charge in [0.1, 0.15) is 0 Å². The molecule has 0 heteroatoms. The van der Waals surface area contributed by atoms with Crippen LogP contribution >= 0.6 is 0 Å². The fraction of sp³-hybridized carbons (Fsp3) is 0.0462. The highest BCUT2D eigenvalue weighted by atomic mass is 14.4. The predicted molar refractivity (Wildman–Crippen MR) is 278 cm³/mol. The van der Waals surface area contributed by atoms with Crippen LogP contribution in [0.1, 0.15) is 25.0 Å². The third kappa shape index (κ3) is 5.03. The van der Waals surface area contributed by atoms with Crippen molar-refractivity contribution in [3.63, 3.8) is 0 Å². The van der Waals surface area contributed by atoms with E-state index in [1.54, 1.807) is 0 Å². The summed E-state index contributed by atoms with van der Waals surface area (Å²) in [5.74, 6) is 0. The van der Waals surface area contributed by atoms with E-state index in [-0.39, 0.29) is 5.41 Å². The van der Waals surface area contributed by atoms with Crippen molar-refractivity contribution in [1.29, 1.82) is 0 Å². The molecule has 2 aliphatic rings. The van der Waals surface area contributed by atoms with Crippen molar-refractivity contribution in [2.24, 2.45) is 0 Å². The lowest BCUT2D eigenvalue weighted by molar-refractivity contribution is 0.667. The van der Waals surface area contributed by atoms with Gasteiger partial charge in [-0.15, -0.1) is 0 Å². The molecule has 14 rings (SSSR count). The fourth-order valence-electron chi connectivity index (χ4n) is 12.2. The molecular formula is C65H42. The highest BCUT2D eigenvalue weighted by Crippen LogP contribution is 2.59. The Balaban J connectivity index is 0.925. The Kier molecular flexibility index (Phi) is 7.55. The molecule has 0 aromatic heterocycles. The second-order valence-electron chi connectivity index (χ2n) is 18.6. The van der Waals surface area contributed by atoms with Gasteiger partial charge in [-0.1, -0.05) is 226 Å². The highest BCUT2D eigenvalue weighted by molar-refractivity contribution is 6.29. The van der Waals surface area contributed by atoms with Gasteiger partial charge < -0.3 is 0 Å². The summed E-state index contributed by atoms with van der Waals surface area (Å²) in [5.41, 5.74) is 20.8. The summed E-state index contributed by atoms with van der Waals surface area (Å²) < 4.78 is 0. The molecule has 0 saturated heterocycles. The van der Waals surface area contributed by atoms with E-state index in [4.69, 9.17) is 0 Å². The molecule has 2 aliphatic carbocycles. The third-order valence-electron chi connectivity index (χ3n) is 15.0. The topological polar surface area (TPSA) is 0 Å². The summed E-state index contributed by atoms with van der Waals surface area (Å²) in [6.07, 6.45) is 0. The highest BCUT2D eigenvalue weighted by Gasteiger charge is 2.39. The molecule has 0 spiro atoms. The molecule has 0 atom stereocenters. The van der Waals surface area contributed by atoms with Crippen molar-refractivity contribution in [3.05, 3.63) is 230 Å². The van der Waals surface area contributed by atoms with Gasteiger partial charge in [0, 0.05) is 5.41 Å². The minimum Gasteiger partial charge on any atom is -0.0622 e. The summed E-state index contributed by atoms with van der Waals surface area (Å²) in [6.45, 7) is 4.83. The van der Waals surface area contributed by atoms with Crippen molar-refractivity contribution < 1.29 is 0 Å². The van der Waals surface area contributed by atoms with Gasteiger partial charge in [0.05, 0.1) is 0 Å². The van der Waals surface area contributed by atoms with Gasteiger partial charge in [0.2, 0.25) is 0 Å². The number of hydrogen-bond donors (Lipinski definition) is 0. The average Bonchev–Trinajstić information content (AvgIpc) is 3.83. The monoisotopic (exact) mass is 822 g/mol. The molecule has 65 heavy (non-hydrogen) atoms. The van der Waals surface area contributed by atoms with E-state index in [9.17, 15) is 0 Å². The molecule has 0 bridgehead atoms. The Hall–Kier alpha value is -8.06. The summed E-state index contributed by atoms with van der Waals surface area (Å²) in [4.78, 5) is 0. The SMILES string of the molecule is CC1(C)c2ccc3ccccc3c2-c2c1c1ccc(-c3ccc(-c4ccc5c6c(cccc46)-c4c-5c(-c5ccccc5)c5ccccc5c4-c4ccccc4)cc3)cc1c1ccccc21.